The summed E-state index contributed by atoms with van der Waals surface area (Å²) in [5.74, 6) is 0.187. The second-order valence-corrected chi connectivity index (χ2v) is 2.86. The van der Waals surface area contributed by atoms with Gasteiger partial charge in [-0.2, -0.15) is 0 Å². The van der Waals surface area contributed by atoms with Gasteiger partial charge in [0.25, 0.3) is 0 Å². The van der Waals surface area contributed by atoms with Gasteiger partial charge in [0, 0.05) is 20.0 Å². The standard InChI is InChI=1S/C7H14N2O/c1-7(10)9-5-3-4-8(2)6-9/h3-6H2,1-2H3. The van der Waals surface area contributed by atoms with E-state index in [2.05, 4.69) is 4.90 Å². The van der Waals surface area contributed by atoms with Gasteiger partial charge in [-0.15, -0.1) is 0 Å². The molecule has 0 aromatic heterocycles. The van der Waals surface area contributed by atoms with E-state index in [9.17, 15) is 4.79 Å². The number of carbonyl (C=O) groups excluding carboxylic acids is 1. The Hall–Kier alpha value is -0.570. The Balaban J connectivity index is 2.39. The molecule has 1 fully saturated rings. The van der Waals surface area contributed by atoms with E-state index in [-0.39, 0.29) is 5.91 Å². The summed E-state index contributed by atoms with van der Waals surface area (Å²) in [6, 6.07) is 0. The first-order chi connectivity index (χ1) is 4.70. The summed E-state index contributed by atoms with van der Waals surface area (Å²) in [4.78, 5) is 14.9. The third kappa shape index (κ3) is 1.70. The second-order valence-electron chi connectivity index (χ2n) is 2.86. The molecule has 3 heteroatoms. The maximum absolute atomic E-state index is 10.8. The molecule has 58 valence electrons. The molecule has 0 radical (unpaired) electrons. The lowest BCUT2D eigenvalue weighted by Crippen LogP contribution is -2.44. The molecule has 10 heavy (non-hydrogen) atoms. The van der Waals surface area contributed by atoms with E-state index in [0.717, 1.165) is 26.2 Å². The van der Waals surface area contributed by atoms with Crippen LogP contribution >= 0.6 is 0 Å². The van der Waals surface area contributed by atoms with Crippen molar-refractivity contribution in [2.75, 3.05) is 26.8 Å². The lowest BCUT2D eigenvalue weighted by Gasteiger charge is -2.32. The molecule has 1 rings (SSSR count). The van der Waals surface area contributed by atoms with Gasteiger partial charge in [-0.25, -0.2) is 0 Å². The van der Waals surface area contributed by atoms with E-state index in [4.69, 9.17) is 0 Å². The molecule has 1 aliphatic heterocycles. The van der Waals surface area contributed by atoms with Crippen molar-refractivity contribution in [2.24, 2.45) is 0 Å². The van der Waals surface area contributed by atoms with E-state index >= 15 is 0 Å². The van der Waals surface area contributed by atoms with Crippen LogP contribution in [0.5, 0.6) is 0 Å². The quantitative estimate of drug-likeness (QED) is 0.480. The third-order valence-corrected chi connectivity index (χ3v) is 1.83. The van der Waals surface area contributed by atoms with Crippen molar-refractivity contribution < 1.29 is 4.79 Å². The number of hydrogen-bond donors (Lipinski definition) is 0. The van der Waals surface area contributed by atoms with Crippen LogP contribution in [-0.2, 0) is 4.79 Å². The third-order valence-electron chi connectivity index (χ3n) is 1.83. The van der Waals surface area contributed by atoms with Gasteiger partial charge in [0.1, 0.15) is 0 Å². The van der Waals surface area contributed by atoms with Crippen LogP contribution in [0.3, 0.4) is 0 Å². The smallest absolute Gasteiger partial charge is 0.220 e. The van der Waals surface area contributed by atoms with E-state index in [1.165, 1.54) is 0 Å². The molecule has 3 nitrogen and oxygen atoms in total. The van der Waals surface area contributed by atoms with Crippen LogP contribution in [0.2, 0.25) is 0 Å². The highest BCUT2D eigenvalue weighted by Crippen LogP contribution is 2.02. The highest BCUT2D eigenvalue weighted by atomic mass is 16.2. The summed E-state index contributed by atoms with van der Waals surface area (Å²) in [6.45, 7) is 4.47. The summed E-state index contributed by atoms with van der Waals surface area (Å²) >= 11 is 0. The van der Waals surface area contributed by atoms with Gasteiger partial charge < -0.3 is 4.90 Å². The maximum atomic E-state index is 10.8. The lowest BCUT2D eigenvalue weighted by atomic mass is 10.3. The molecule has 0 N–H and O–H groups in total. The molecule has 0 atom stereocenters. The van der Waals surface area contributed by atoms with Crippen molar-refractivity contribution in [3.05, 3.63) is 0 Å². The summed E-state index contributed by atoms with van der Waals surface area (Å²) in [5, 5.41) is 0. The lowest BCUT2D eigenvalue weighted by molar-refractivity contribution is -0.132. The number of nitrogens with zero attached hydrogens (tertiary/aromatic N) is 2. The molecule has 1 saturated heterocycles. The Morgan fingerprint density at radius 2 is 2.10 bits per heavy atom. The fraction of sp³-hybridized carbons (Fsp3) is 0.857. The van der Waals surface area contributed by atoms with Crippen molar-refractivity contribution in [3.63, 3.8) is 0 Å². The minimum absolute atomic E-state index is 0.187. The van der Waals surface area contributed by atoms with E-state index in [1.807, 2.05) is 11.9 Å². The molecule has 1 amide bonds. The number of amides is 1. The van der Waals surface area contributed by atoms with Crippen LogP contribution in [0, 0.1) is 0 Å². The highest BCUT2D eigenvalue weighted by molar-refractivity contribution is 5.73. The van der Waals surface area contributed by atoms with Gasteiger partial charge in [-0.3, -0.25) is 9.69 Å². The predicted octanol–water partition coefficient (Wildman–Crippen LogP) is 0.128. The van der Waals surface area contributed by atoms with Crippen molar-refractivity contribution in [2.45, 2.75) is 13.3 Å². The number of rotatable bonds is 0. The van der Waals surface area contributed by atoms with Gasteiger partial charge in [-0.05, 0) is 13.5 Å². The first-order valence-electron chi connectivity index (χ1n) is 3.64. The molecule has 0 saturated carbocycles. The van der Waals surface area contributed by atoms with Gasteiger partial charge >= 0.3 is 0 Å². The maximum Gasteiger partial charge on any atom is 0.220 e. The zero-order valence-electron chi connectivity index (χ0n) is 6.63. The first kappa shape index (κ1) is 7.54. The van der Waals surface area contributed by atoms with Crippen molar-refractivity contribution in [3.8, 4) is 0 Å². The predicted molar refractivity (Wildman–Crippen MR) is 39.5 cm³/mol. The summed E-state index contributed by atoms with van der Waals surface area (Å²) in [5.41, 5.74) is 0. The Kier molecular flexibility index (Phi) is 2.27. The number of hydrogen-bond acceptors (Lipinski definition) is 2. The molecular weight excluding hydrogens is 128 g/mol. The van der Waals surface area contributed by atoms with Crippen LogP contribution in [0.25, 0.3) is 0 Å². The van der Waals surface area contributed by atoms with Crippen LogP contribution < -0.4 is 0 Å². The molecular formula is C7H14N2O. The molecule has 0 aliphatic carbocycles. The summed E-state index contributed by atoms with van der Waals surface area (Å²) in [6.07, 6.45) is 1.11. The minimum Gasteiger partial charge on any atom is -0.330 e. The fourth-order valence-electron chi connectivity index (χ4n) is 1.22. The van der Waals surface area contributed by atoms with E-state index in [1.54, 1.807) is 6.92 Å². The fourth-order valence-corrected chi connectivity index (χ4v) is 1.22. The normalized spacial score (nSPS) is 21.2. The zero-order chi connectivity index (χ0) is 7.56. The van der Waals surface area contributed by atoms with Crippen LogP contribution in [0.4, 0.5) is 0 Å². The van der Waals surface area contributed by atoms with Gasteiger partial charge in [0.05, 0.1) is 6.67 Å². The van der Waals surface area contributed by atoms with Gasteiger partial charge in [0.2, 0.25) is 5.91 Å². The van der Waals surface area contributed by atoms with Crippen LogP contribution in [0.1, 0.15) is 13.3 Å². The number of carbonyl (C=O) groups is 1. The Bertz CT molecular complexity index is 136. The highest BCUT2D eigenvalue weighted by Gasteiger charge is 2.15. The SMILES string of the molecule is CC(=O)N1CCCN(C)C1. The minimum atomic E-state index is 0.187. The first-order valence-corrected chi connectivity index (χ1v) is 3.64. The van der Waals surface area contributed by atoms with E-state index in [0.29, 0.717) is 0 Å². The molecule has 0 spiro atoms. The van der Waals surface area contributed by atoms with Crippen molar-refractivity contribution in [1.82, 2.24) is 9.80 Å². The Morgan fingerprint density at radius 3 is 2.50 bits per heavy atom. The molecule has 0 unspecified atom stereocenters. The van der Waals surface area contributed by atoms with Crippen molar-refractivity contribution in [1.29, 1.82) is 0 Å². The average molecular weight is 142 g/mol. The largest absolute Gasteiger partial charge is 0.330 e. The zero-order valence-corrected chi connectivity index (χ0v) is 6.63. The molecule has 1 aliphatic rings. The topological polar surface area (TPSA) is 23.6 Å². The second kappa shape index (κ2) is 3.01. The summed E-state index contributed by atoms with van der Waals surface area (Å²) in [7, 11) is 2.04. The van der Waals surface area contributed by atoms with E-state index < -0.39 is 0 Å². The Labute approximate surface area is 61.6 Å². The molecule has 0 aromatic rings. The van der Waals surface area contributed by atoms with Gasteiger partial charge in [-0.1, -0.05) is 0 Å². The molecule has 1 heterocycles. The average Bonchev–Trinajstić information content (AvgIpc) is 1.88. The summed E-state index contributed by atoms with van der Waals surface area (Å²) < 4.78 is 0. The van der Waals surface area contributed by atoms with Crippen molar-refractivity contribution >= 4 is 5.91 Å². The van der Waals surface area contributed by atoms with Crippen LogP contribution in [-0.4, -0.2) is 42.5 Å². The molecule has 0 aromatic carbocycles. The Morgan fingerprint density at radius 1 is 1.40 bits per heavy atom. The monoisotopic (exact) mass is 142 g/mol. The molecule has 0 bridgehead atoms. The van der Waals surface area contributed by atoms with Gasteiger partial charge in [0.15, 0.2) is 0 Å². The van der Waals surface area contributed by atoms with Crippen LogP contribution in [0.15, 0.2) is 0 Å².